The van der Waals surface area contributed by atoms with Crippen molar-refractivity contribution in [2.45, 2.75) is 0 Å². The fraction of sp³-hybridized carbons (Fsp3) is 0.333. The summed E-state index contributed by atoms with van der Waals surface area (Å²) in [5, 5.41) is 17.8. The van der Waals surface area contributed by atoms with Gasteiger partial charge in [0.2, 0.25) is 0 Å². The minimum absolute atomic E-state index is 0.480. The summed E-state index contributed by atoms with van der Waals surface area (Å²) in [6.07, 6.45) is 0. The Morgan fingerprint density at radius 2 is 1.80 bits per heavy atom. The van der Waals surface area contributed by atoms with Gasteiger partial charge in [0.1, 0.15) is 0 Å². The molecule has 0 atom stereocenters. The van der Waals surface area contributed by atoms with Crippen LogP contribution in [0.15, 0.2) is 24.3 Å². The summed E-state index contributed by atoms with van der Waals surface area (Å²) in [6.45, 7) is 0.713. The van der Waals surface area contributed by atoms with E-state index in [1.807, 2.05) is 19.0 Å². The van der Waals surface area contributed by atoms with E-state index in [9.17, 15) is 0 Å². The highest BCUT2D eigenvalue weighted by Crippen LogP contribution is 2.01. The molecule has 0 amide bonds. The maximum absolute atomic E-state index is 8.88. The van der Waals surface area contributed by atoms with Gasteiger partial charge in [-0.1, -0.05) is 12.1 Å². The maximum Gasteiger partial charge on any atom is 0.488 e. The van der Waals surface area contributed by atoms with Crippen LogP contribution in [0.25, 0.3) is 0 Å². The third kappa shape index (κ3) is 4.31. The highest BCUT2D eigenvalue weighted by molar-refractivity contribution is 6.58. The van der Waals surface area contributed by atoms with Crippen molar-refractivity contribution in [1.82, 2.24) is 10.3 Å². The summed E-state index contributed by atoms with van der Waals surface area (Å²) in [7, 11) is 2.51. The third-order valence-electron chi connectivity index (χ3n) is 1.84. The van der Waals surface area contributed by atoms with E-state index in [0.29, 0.717) is 12.1 Å². The number of hydrazine groups is 1. The van der Waals surface area contributed by atoms with Crippen molar-refractivity contribution in [3.05, 3.63) is 24.3 Å². The van der Waals surface area contributed by atoms with Crippen LogP contribution in [0, 0.1) is 0 Å². The molecule has 0 fully saturated rings. The third-order valence-corrected chi connectivity index (χ3v) is 1.84. The Morgan fingerprint density at radius 1 is 1.20 bits per heavy atom. The SMILES string of the molecule is CN(C)CNNc1ccc(B(O)O)cc1. The summed E-state index contributed by atoms with van der Waals surface area (Å²) in [5.41, 5.74) is 7.34. The van der Waals surface area contributed by atoms with Crippen LogP contribution in [0.4, 0.5) is 5.69 Å². The van der Waals surface area contributed by atoms with Crippen LogP contribution >= 0.6 is 0 Å². The van der Waals surface area contributed by atoms with E-state index in [1.54, 1.807) is 24.3 Å². The van der Waals surface area contributed by atoms with Crippen molar-refractivity contribution in [3.63, 3.8) is 0 Å². The largest absolute Gasteiger partial charge is 0.488 e. The number of anilines is 1. The Morgan fingerprint density at radius 3 is 2.27 bits per heavy atom. The van der Waals surface area contributed by atoms with Crippen LogP contribution in [0.3, 0.4) is 0 Å². The normalized spacial score (nSPS) is 10.5. The molecule has 0 aliphatic carbocycles. The van der Waals surface area contributed by atoms with Gasteiger partial charge >= 0.3 is 7.12 Å². The molecule has 0 radical (unpaired) electrons. The van der Waals surface area contributed by atoms with E-state index in [1.165, 1.54) is 0 Å². The molecule has 4 N–H and O–H groups in total. The van der Waals surface area contributed by atoms with Crippen molar-refractivity contribution in [1.29, 1.82) is 0 Å². The Balaban J connectivity index is 2.43. The Bertz CT molecular complexity index is 290. The van der Waals surface area contributed by atoms with Crippen LogP contribution in [0.5, 0.6) is 0 Å². The first-order valence-electron chi connectivity index (χ1n) is 4.69. The second-order valence-electron chi connectivity index (χ2n) is 3.54. The second-order valence-corrected chi connectivity index (χ2v) is 3.54. The van der Waals surface area contributed by atoms with Crippen molar-refractivity contribution in [3.8, 4) is 0 Å². The predicted molar refractivity (Wildman–Crippen MR) is 61.6 cm³/mol. The van der Waals surface area contributed by atoms with Gasteiger partial charge in [0.05, 0.1) is 6.67 Å². The topological polar surface area (TPSA) is 67.8 Å². The molecular formula is C9H16BN3O2. The van der Waals surface area contributed by atoms with Crippen LogP contribution in [-0.2, 0) is 0 Å². The highest BCUT2D eigenvalue weighted by atomic mass is 16.4. The lowest BCUT2D eigenvalue weighted by Gasteiger charge is -2.13. The molecule has 0 aliphatic rings. The van der Waals surface area contributed by atoms with Crippen molar-refractivity contribution >= 4 is 18.3 Å². The van der Waals surface area contributed by atoms with Gasteiger partial charge in [-0.15, -0.1) is 0 Å². The summed E-state index contributed by atoms with van der Waals surface area (Å²) < 4.78 is 0. The standard InChI is InChI=1S/C9H16BN3O2/c1-13(2)7-11-12-9-5-3-8(4-6-9)10(14)15/h3-6,11-12,14-15H,7H2,1-2H3. The lowest BCUT2D eigenvalue weighted by atomic mass is 9.80. The molecule has 82 valence electrons. The first kappa shape index (κ1) is 12.0. The summed E-state index contributed by atoms with van der Waals surface area (Å²) in [5.74, 6) is 0. The highest BCUT2D eigenvalue weighted by Gasteiger charge is 2.09. The van der Waals surface area contributed by atoms with Gasteiger partial charge in [-0.3, -0.25) is 4.90 Å². The lowest BCUT2D eigenvalue weighted by Crippen LogP contribution is -2.33. The van der Waals surface area contributed by atoms with E-state index < -0.39 is 7.12 Å². The van der Waals surface area contributed by atoms with Crippen LogP contribution in [0.1, 0.15) is 0 Å². The number of hydrogen-bond acceptors (Lipinski definition) is 5. The Kier molecular flexibility index (Phi) is 4.58. The molecule has 0 aliphatic heterocycles. The average Bonchev–Trinajstić information content (AvgIpc) is 2.18. The summed E-state index contributed by atoms with van der Waals surface area (Å²) in [4.78, 5) is 1.98. The zero-order valence-electron chi connectivity index (χ0n) is 8.94. The number of nitrogens with one attached hydrogen (secondary N) is 2. The Labute approximate surface area is 89.8 Å². The van der Waals surface area contributed by atoms with Crippen LogP contribution in [-0.4, -0.2) is 42.8 Å². The molecule has 0 bridgehead atoms. The van der Waals surface area contributed by atoms with Crippen LogP contribution in [0.2, 0.25) is 0 Å². The molecule has 0 heterocycles. The molecule has 15 heavy (non-hydrogen) atoms. The molecule has 5 nitrogen and oxygen atoms in total. The first-order valence-corrected chi connectivity index (χ1v) is 4.69. The minimum Gasteiger partial charge on any atom is -0.423 e. The summed E-state index contributed by atoms with van der Waals surface area (Å²) in [6, 6.07) is 6.86. The molecule has 0 unspecified atom stereocenters. The minimum atomic E-state index is -1.41. The molecule has 6 heteroatoms. The molecular weight excluding hydrogens is 193 g/mol. The molecule has 1 rings (SSSR count). The van der Waals surface area contributed by atoms with E-state index in [0.717, 1.165) is 5.69 Å². The summed E-state index contributed by atoms with van der Waals surface area (Å²) >= 11 is 0. The molecule has 0 saturated carbocycles. The zero-order valence-corrected chi connectivity index (χ0v) is 8.94. The average molecular weight is 209 g/mol. The van der Waals surface area contributed by atoms with Crippen molar-refractivity contribution in [2.75, 3.05) is 26.2 Å². The second kappa shape index (κ2) is 5.72. The Hall–Kier alpha value is -1.08. The molecule has 1 aromatic carbocycles. The predicted octanol–water partition coefficient (Wildman–Crippen LogP) is -1.20. The number of benzene rings is 1. The lowest BCUT2D eigenvalue weighted by molar-refractivity contribution is 0.384. The van der Waals surface area contributed by atoms with Gasteiger partial charge in [-0.05, 0) is 31.7 Å². The van der Waals surface area contributed by atoms with E-state index >= 15 is 0 Å². The van der Waals surface area contributed by atoms with E-state index in [2.05, 4.69) is 10.9 Å². The quantitative estimate of drug-likeness (QED) is 0.279. The van der Waals surface area contributed by atoms with Gasteiger partial charge in [-0.25, -0.2) is 5.43 Å². The maximum atomic E-state index is 8.88. The molecule has 0 aromatic heterocycles. The molecule has 0 spiro atoms. The van der Waals surface area contributed by atoms with Crippen molar-refractivity contribution in [2.24, 2.45) is 0 Å². The van der Waals surface area contributed by atoms with Gasteiger partial charge in [-0.2, -0.15) is 0 Å². The molecule has 1 aromatic rings. The fourth-order valence-corrected chi connectivity index (χ4v) is 1.04. The van der Waals surface area contributed by atoms with Gasteiger partial charge in [0.25, 0.3) is 0 Å². The number of hydrogen-bond donors (Lipinski definition) is 4. The fourth-order valence-electron chi connectivity index (χ4n) is 1.04. The van der Waals surface area contributed by atoms with Gasteiger partial charge in [0, 0.05) is 5.69 Å². The first-order chi connectivity index (χ1) is 7.09. The number of nitrogens with zero attached hydrogens (tertiary/aromatic N) is 1. The van der Waals surface area contributed by atoms with Gasteiger partial charge < -0.3 is 15.5 Å². The smallest absolute Gasteiger partial charge is 0.423 e. The van der Waals surface area contributed by atoms with Crippen LogP contribution < -0.4 is 16.3 Å². The van der Waals surface area contributed by atoms with E-state index in [4.69, 9.17) is 10.0 Å². The number of rotatable bonds is 5. The van der Waals surface area contributed by atoms with Gasteiger partial charge in [0.15, 0.2) is 0 Å². The zero-order chi connectivity index (χ0) is 11.3. The molecule has 0 saturated heterocycles. The van der Waals surface area contributed by atoms with E-state index in [-0.39, 0.29) is 0 Å². The van der Waals surface area contributed by atoms with Crippen molar-refractivity contribution < 1.29 is 10.0 Å². The monoisotopic (exact) mass is 209 g/mol.